The quantitative estimate of drug-likeness (QED) is 0.641. The van der Waals surface area contributed by atoms with Gasteiger partial charge in [-0.05, 0) is 31.1 Å². The Kier molecular flexibility index (Phi) is 3.64. The fraction of sp³-hybridized carbons (Fsp3) is 0.769. The molecule has 2 aliphatic rings. The van der Waals surface area contributed by atoms with E-state index in [1.807, 2.05) is 4.90 Å². The summed E-state index contributed by atoms with van der Waals surface area (Å²) in [4.78, 5) is 14.1. The minimum atomic E-state index is 0.278. The van der Waals surface area contributed by atoms with Gasteiger partial charge < -0.3 is 9.64 Å². The maximum atomic E-state index is 12.2. The number of rotatable bonds is 6. The monoisotopic (exact) mass is 223 g/mol. The minimum absolute atomic E-state index is 0.278. The molecule has 1 amide bonds. The van der Waals surface area contributed by atoms with E-state index in [0.29, 0.717) is 25.6 Å². The van der Waals surface area contributed by atoms with Crippen LogP contribution in [0.3, 0.4) is 0 Å². The lowest BCUT2D eigenvalue weighted by atomic mass is 10.0. The second-order valence-corrected chi connectivity index (χ2v) is 4.99. The molecule has 0 bridgehead atoms. The first-order valence-electron chi connectivity index (χ1n) is 6.15. The average Bonchev–Trinajstić information content (AvgIpc) is 2.90. The molecule has 3 heteroatoms. The number of hydrogen-bond donors (Lipinski definition) is 0. The molecule has 0 N–H and O–H groups in total. The number of carbonyl (C=O) groups excluding carboxylic acids is 1. The van der Waals surface area contributed by atoms with Gasteiger partial charge in [0.2, 0.25) is 5.91 Å². The van der Waals surface area contributed by atoms with E-state index in [-0.39, 0.29) is 5.92 Å². The number of amides is 1. The Morgan fingerprint density at radius 3 is 2.69 bits per heavy atom. The van der Waals surface area contributed by atoms with Gasteiger partial charge >= 0.3 is 0 Å². The molecule has 0 aromatic carbocycles. The SMILES string of the molecule is C=CCN(CCOC)C(=O)C1CC2CC2C1. The van der Waals surface area contributed by atoms with Crippen LogP contribution in [-0.4, -0.2) is 37.6 Å². The van der Waals surface area contributed by atoms with Gasteiger partial charge in [0, 0.05) is 26.1 Å². The summed E-state index contributed by atoms with van der Waals surface area (Å²) in [5, 5.41) is 0. The maximum Gasteiger partial charge on any atom is 0.226 e. The molecular formula is C13H21NO2. The topological polar surface area (TPSA) is 29.5 Å². The number of hydrogen-bond acceptors (Lipinski definition) is 2. The Morgan fingerprint density at radius 1 is 1.44 bits per heavy atom. The highest BCUT2D eigenvalue weighted by Crippen LogP contribution is 2.54. The fourth-order valence-corrected chi connectivity index (χ4v) is 2.82. The highest BCUT2D eigenvalue weighted by molar-refractivity contribution is 5.79. The molecule has 2 rings (SSSR count). The summed E-state index contributed by atoms with van der Waals surface area (Å²) in [6, 6.07) is 0. The number of nitrogens with zero attached hydrogens (tertiary/aromatic N) is 1. The van der Waals surface area contributed by atoms with Gasteiger partial charge in [-0.3, -0.25) is 4.79 Å². The molecule has 2 saturated carbocycles. The maximum absolute atomic E-state index is 12.2. The molecule has 0 saturated heterocycles. The van der Waals surface area contributed by atoms with E-state index in [9.17, 15) is 4.79 Å². The van der Waals surface area contributed by atoms with Crippen molar-refractivity contribution in [1.82, 2.24) is 4.90 Å². The zero-order chi connectivity index (χ0) is 11.5. The van der Waals surface area contributed by atoms with Crippen molar-refractivity contribution < 1.29 is 9.53 Å². The van der Waals surface area contributed by atoms with Gasteiger partial charge in [-0.2, -0.15) is 0 Å². The molecule has 2 unspecified atom stereocenters. The van der Waals surface area contributed by atoms with Crippen molar-refractivity contribution in [3.8, 4) is 0 Å². The first-order chi connectivity index (χ1) is 7.76. The molecule has 3 nitrogen and oxygen atoms in total. The van der Waals surface area contributed by atoms with E-state index in [1.54, 1.807) is 13.2 Å². The molecule has 0 radical (unpaired) electrons. The van der Waals surface area contributed by atoms with Gasteiger partial charge in [-0.1, -0.05) is 6.08 Å². The molecule has 0 spiro atoms. The van der Waals surface area contributed by atoms with E-state index >= 15 is 0 Å². The predicted molar refractivity (Wildman–Crippen MR) is 63.0 cm³/mol. The first kappa shape index (κ1) is 11.6. The van der Waals surface area contributed by atoms with Crippen molar-refractivity contribution in [3.05, 3.63) is 12.7 Å². The van der Waals surface area contributed by atoms with Crippen LogP contribution in [0, 0.1) is 17.8 Å². The highest BCUT2D eigenvalue weighted by Gasteiger charge is 2.48. The molecule has 2 atom stereocenters. The summed E-state index contributed by atoms with van der Waals surface area (Å²) in [5.74, 6) is 2.31. The lowest BCUT2D eigenvalue weighted by Crippen LogP contribution is -2.38. The predicted octanol–water partition coefficient (Wildman–Crippen LogP) is 1.69. The van der Waals surface area contributed by atoms with Gasteiger partial charge in [0.15, 0.2) is 0 Å². The minimum Gasteiger partial charge on any atom is -0.383 e. The van der Waals surface area contributed by atoms with Crippen molar-refractivity contribution in [3.63, 3.8) is 0 Å². The normalized spacial score (nSPS) is 30.9. The third-order valence-electron chi connectivity index (χ3n) is 3.82. The van der Waals surface area contributed by atoms with Crippen LogP contribution >= 0.6 is 0 Å². The fourth-order valence-electron chi connectivity index (χ4n) is 2.82. The zero-order valence-electron chi connectivity index (χ0n) is 10.0. The smallest absolute Gasteiger partial charge is 0.226 e. The Labute approximate surface area is 97.5 Å². The molecule has 2 fully saturated rings. The molecule has 16 heavy (non-hydrogen) atoms. The number of fused-ring (bicyclic) bond motifs is 1. The van der Waals surface area contributed by atoms with E-state index in [0.717, 1.165) is 24.7 Å². The van der Waals surface area contributed by atoms with Crippen LogP contribution in [0.4, 0.5) is 0 Å². The first-order valence-corrected chi connectivity index (χ1v) is 6.15. The number of methoxy groups -OCH3 is 1. The molecular weight excluding hydrogens is 202 g/mol. The van der Waals surface area contributed by atoms with E-state index in [1.165, 1.54) is 6.42 Å². The third-order valence-corrected chi connectivity index (χ3v) is 3.82. The Hall–Kier alpha value is -0.830. The molecule has 0 aliphatic heterocycles. The van der Waals surface area contributed by atoms with Crippen LogP contribution < -0.4 is 0 Å². The van der Waals surface area contributed by atoms with Crippen molar-refractivity contribution in [2.24, 2.45) is 17.8 Å². The lowest BCUT2D eigenvalue weighted by Gasteiger charge is -2.24. The van der Waals surface area contributed by atoms with Gasteiger partial charge in [0.05, 0.1) is 6.61 Å². The Balaban J connectivity index is 1.85. The van der Waals surface area contributed by atoms with E-state index in [2.05, 4.69) is 6.58 Å². The van der Waals surface area contributed by atoms with E-state index < -0.39 is 0 Å². The highest BCUT2D eigenvalue weighted by atomic mass is 16.5. The van der Waals surface area contributed by atoms with Crippen LogP contribution in [0.25, 0.3) is 0 Å². The van der Waals surface area contributed by atoms with Crippen LogP contribution in [0.5, 0.6) is 0 Å². The second-order valence-electron chi connectivity index (χ2n) is 4.99. The molecule has 0 aromatic heterocycles. The van der Waals surface area contributed by atoms with Crippen LogP contribution in [-0.2, 0) is 9.53 Å². The summed E-state index contributed by atoms with van der Waals surface area (Å²) in [5.41, 5.74) is 0. The largest absolute Gasteiger partial charge is 0.383 e. The number of ether oxygens (including phenoxy) is 1. The summed E-state index contributed by atoms with van der Waals surface area (Å²) >= 11 is 0. The van der Waals surface area contributed by atoms with Crippen molar-refractivity contribution >= 4 is 5.91 Å². The standard InChI is InChI=1S/C13H21NO2/c1-3-4-14(5-6-16-2)13(15)12-8-10-7-11(10)9-12/h3,10-12H,1,4-9H2,2H3. The Bertz CT molecular complexity index is 267. The average molecular weight is 223 g/mol. The summed E-state index contributed by atoms with van der Waals surface area (Å²) in [7, 11) is 1.67. The van der Waals surface area contributed by atoms with Gasteiger partial charge in [-0.15, -0.1) is 6.58 Å². The zero-order valence-corrected chi connectivity index (χ0v) is 10.0. The molecule has 0 aromatic rings. The van der Waals surface area contributed by atoms with Crippen molar-refractivity contribution in [2.75, 3.05) is 26.8 Å². The number of carbonyl (C=O) groups is 1. The van der Waals surface area contributed by atoms with Crippen LogP contribution in [0.1, 0.15) is 19.3 Å². The van der Waals surface area contributed by atoms with Gasteiger partial charge in [0.25, 0.3) is 0 Å². The summed E-state index contributed by atoms with van der Waals surface area (Å²) in [6.07, 6.45) is 5.39. The third kappa shape index (κ3) is 2.46. The van der Waals surface area contributed by atoms with Crippen LogP contribution in [0.15, 0.2) is 12.7 Å². The molecule has 2 aliphatic carbocycles. The van der Waals surface area contributed by atoms with Crippen molar-refractivity contribution in [1.29, 1.82) is 0 Å². The van der Waals surface area contributed by atoms with Crippen molar-refractivity contribution in [2.45, 2.75) is 19.3 Å². The van der Waals surface area contributed by atoms with E-state index in [4.69, 9.17) is 4.74 Å². The summed E-state index contributed by atoms with van der Waals surface area (Å²) < 4.78 is 5.03. The van der Waals surface area contributed by atoms with Gasteiger partial charge in [-0.25, -0.2) is 0 Å². The molecule has 0 heterocycles. The second kappa shape index (κ2) is 5.00. The summed E-state index contributed by atoms with van der Waals surface area (Å²) in [6.45, 7) is 5.65. The van der Waals surface area contributed by atoms with Gasteiger partial charge in [0.1, 0.15) is 0 Å². The lowest BCUT2D eigenvalue weighted by molar-refractivity contribution is -0.135. The Morgan fingerprint density at radius 2 is 2.12 bits per heavy atom. The molecule has 90 valence electrons. The van der Waals surface area contributed by atoms with Crippen LogP contribution in [0.2, 0.25) is 0 Å².